The summed E-state index contributed by atoms with van der Waals surface area (Å²) in [5, 5.41) is 0. The van der Waals surface area contributed by atoms with Crippen molar-refractivity contribution in [2.45, 2.75) is 50.3 Å². The monoisotopic (exact) mass is 310 g/mol. The van der Waals surface area contributed by atoms with E-state index in [-0.39, 0.29) is 5.41 Å². The Labute approximate surface area is 128 Å². The van der Waals surface area contributed by atoms with Crippen LogP contribution in [0.5, 0.6) is 0 Å². The first kappa shape index (κ1) is 16.5. The first-order chi connectivity index (χ1) is 9.95. The van der Waals surface area contributed by atoms with Crippen molar-refractivity contribution in [2.75, 3.05) is 13.1 Å². The number of nitrogens with two attached hydrogens (primary N) is 1. The summed E-state index contributed by atoms with van der Waals surface area (Å²) in [5.74, 6) is 0. The lowest BCUT2D eigenvalue weighted by atomic mass is 9.89. The number of aryl methyl sites for hydroxylation is 1. The predicted octanol–water partition coefficient (Wildman–Crippen LogP) is 2.44. The smallest absolute Gasteiger partial charge is 0.240 e. The molecule has 0 aliphatic heterocycles. The van der Waals surface area contributed by atoms with Crippen molar-refractivity contribution in [1.29, 1.82) is 0 Å². The Balaban J connectivity index is 1.98. The average molecular weight is 310 g/mol. The molecule has 0 radical (unpaired) electrons. The van der Waals surface area contributed by atoms with E-state index in [1.807, 2.05) is 12.1 Å². The van der Waals surface area contributed by atoms with Crippen LogP contribution in [0.3, 0.4) is 0 Å². The molecule has 1 saturated carbocycles. The molecule has 0 amide bonds. The van der Waals surface area contributed by atoms with Gasteiger partial charge in [0.25, 0.3) is 0 Å². The van der Waals surface area contributed by atoms with Gasteiger partial charge in [0, 0.05) is 6.54 Å². The van der Waals surface area contributed by atoms with E-state index in [4.69, 9.17) is 5.73 Å². The molecule has 3 N–H and O–H groups in total. The highest BCUT2D eigenvalue weighted by Gasteiger charge is 2.30. The zero-order valence-electron chi connectivity index (χ0n) is 12.8. The van der Waals surface area contributed by atoms with Gasteiger partial charge < -0.3 is 5.73 Å². The van der Waals surface area contributed by atoms with Gasteiger partial charge in [-0.2, -0.15) is 0 Å². The molecule has 0 bridgehead atoms. The van der Waals surface area contributed by atoms with Crippen molar-refractivity contribution in [3.8, 4) is 0 Å². The molecule has 0 unspecified atom stereocenters. The van der Waals surface area contributed by atoms with Gasteiger partial charge in [0.05, 0.1) is 4.90 Å². The van der Waals surface area contributed by atoms with Gasteiger partial charge in [-0.3, -0.25) is 0 Å². The SMILES string of the molecule is CC1(CNS(=O)(=O)c2ccc(CCCN)cc2)CCCC1. The maximum Gasteiger partial charge on any atom is 0.240 e. The van der Waals surface area contributed by atoms with Gasteiger partial charge in [-0.1, -0.05) is 31.9 Å². The van der Waals surface area contributed by atoms with Gasteiger partial charge in [0.1, 0.15) is 0 Å². The molecule has 0 saturated heterocycles. The van der Waals surface area contributed by atoms with Crippen LogP contribution < -0.4 is 10.5 Å². The second kappa shape index (κ2) is 6.90. The van der Waals surface area contributed by atoms with E-state index >= 15 is 0 Å². The minimum atomic E-state index is -3.40. The average Bonchev–Trinajstić information content (AvgIpc) is 2.91. The predicted molar refractivity (Wildman–Crippen MR) is 85.6 cm³/mol. The quantitative estimate of drug-likeness (QED) is 0.812. The Morgan fingerprint density at radius 1 is 1.19 bits per heavy atom. The van der Waals surface area contributed by atoms with Gasteiger partial charge in [-0.05, 0) is 55.3 Å². The van der Waals surface area contributed by atoms with E-state index in [9.17, 15) is 8.42 Å². The molecule has 2 rings (SSSR count). The summed E-state index contributed by atoms with van der Waals surface area (Å²) in [7, 11) is -3.40. The van der Waals surface area contributed by atoms with E-state index in [1.165, 1.54) is 12.8 Å². The number of hydrogen-bond acceptors (Lipinski definition) is 3. The zero-order chi connectivity index (χ0) is 15.3. The van der Waals surface area contributed by atoms with Crippen LogP contribution in [-0.2, 0) is 16.4 Å². The highest BCUT2D eigenvalue weighted by atomic mass is 32.2. The van der Waals surface area contributed by atoms with Crippen molar-refractivity contribution in [2.24, 2.45) is 11.1 Å². The lowest BCUT2D eigenvalue weighted by Crippen LogP contribution is -2.34. The van der Waals surface area contributed by atoms with Gasteiger partial charge in [-0.25, -0.2) is 13.1 Å². The fourth-order valence-corrected chi connectivity index (χ4v) is 4.10. The largest absolute Gasteiger partial charge is 0.330 e. The lowest BCUT2D eigenvalue weighted by molar-refractivity contribution is 0.336. The van der Waals surface area contributed by atoms with Crippen LogP contribution in [0.1, 0.15) is 44.6 Å². The maximum atomic E-state index is 12.3. The van der Waals surface area contributed by atoms with Crippen molar-refractivity contribution in [3.63, 3.8) is 0 Å². The Hall–Kier alpha value is -0.910. The Kier molecular flexibility index (Phi) is 5.41. The summed E-state index contributed by atoms with van der Waals surface area (Å²) in [6.07, 6.45) is 6.42. The number of nitrogens with one attached hydrogen (secondary N) is 1. The molecule has 1 fully saturated rings. The topological polar surface area (TPSA) is 72.2 Å². The third-order valence-electron chi connectivity index (χ3n) is 4.40. The molecule has 0 spiro atoms. The minimum Gasteiger partial charge on any atom is -0.330 e. The Morgan fingerprint density at radius 2 is 1.81 bits per heavy atom. The van der Waals surface area contributed by atoms with E-state index in [0.29, 0.717) is 18.0 Å². The lowest BCUT2D eigenvalue weighted by Gasteiger charge is -2.23. The first-order valence-corrected chi connectivity index (χ1v) is 9.22. The minimum absolute atomic E-state index is 0.119. The summed E-state index contributed by atoms with van der Waals surface area (Å²) < 4.78 is 27.4. The molecule has 1 aliphatic rings. The van der Waals surface area contributed by atoms with Crippen LogP contribution >= 0.6 is 0 Å². The van der Waals surface area contributed by atoms with Crippen LogP contribution in [0.15, 0.2) is 29.2 Å². The normalized spacial score (nSPS) is 18.0. The third-order valence-corrected chi connectivity index (χ3v) is 5.82. The summed E-state index contributed by atoms with van der Waals surface area (Å²) in [6.45, 7) is 3.35. The van der Waals surface area contributed by atoms with Crippen LogP contribution in [0.2, 0.25) is 0 Å². The number of hydrogen-bond donors (Lipinski definition) is 2. The van der Waals surface area contributed by atoms with Crippen LogP contribution in [0.4, 0.5) is 0 Å². The standard InChI is InChI=1S/C16H26N2O2S/c1-16(10-2-3-11-16)13-18-21(19,20)15-8-6-14(7-9-15)5-4-12-17/h6-9,18H,2-5,10-13,17H2,1H3. The third kappa shape index (κ3) is 4.53. The van der Waals surface area contributed by atoms with E-state index in [0.717, 1.165) is 31.2 Å². The number of benzene rings is 1. The van der Waals surface area contributed by atoms with Gasteiger partial charge in [0.15, 0.2) is 0 Å². The number of rotatable bonds is 7. The molecule has 21 heavy (non-hydrogen) atoms. The fraction of sp³-hybridized carbons (Fsp3) is 0.625. The zero-order valence-corrected chi connectivity index (χ0v) is 13.6. The highest BCUT2D eigenvalue weighted by molar-refractivity contribution is 7.89. The van der Waals surface area contributed by atoms with E-state index < -0.39 is 10.0 Å². The van der Waals surface area contributed by atoms with Crippen molar-refractivity contribution >= 4 is 10.0 Å². The van der Waals surface area contributed by atoms with Crippen LogP contribution in [-0.4, -0.2) is 21.5 Å². The van der Waals surface area contributed by atoms with Crippen LogP contribution in [0.25, 0.3) is 0 Å². The van der Waals surface area contributed by atoms with Crippen molar-refractivity contribution < 1.29 is 8.42 Å². The van der Waals surface area contributed by atoms with Gasteiger partial charge >= 0.3 is 0 Å². The molecule has 118 valence electrons. The summed E-state index contributed by atoms with van der Waals surface area (Å²) in [6, 6.07) is 7.12. The number of sulfonamides is 1. The van der Waals surface area contributed by atoms with Crippen molar-refractivity contribution in [1.82, 2.24) is 4.72 Å². The first-order valence-electron chi connectivity index (χ1n) is 7.74. The van der Waals surface area contributed by atoms with Gasteiger partial charge in [0.2, 0.25) is 10.0 Å². The second-order valence-electron chi connectivity index (χ2n) is 6.38. The molecule has 5 heteroatoms. The molecule has 1 aliphatic carbocycles. The highest BCUT2D eigenvalue weighted by Crippen LogP contribution is 2.36. The molecule has 1 aromatic carbocycles. The molecular weight excluding hydrogens is 284 g/mol. The van der Waals surface area contributed by atoms with Crippen molar-refractivity contribution in [3.05, 3.63) is 29.8 Å². The maximum absolute atomic E-state index is 12.3. The Bertz CT molecular complexity index is 546. The molecule has 0 heterocycles. The van der Waals surface area contributed by atoms with Gasteiger partial charge in [-0.15, -0.1) is 0 Å². The second-order valence-corrected chi connectivity index (χ2v) is 8.15. The van der Waals surface area contributed by atoms with E-state index in [1.54, 1.807) is 12.1 Å². The summed E-state index contributed by atoms with van der Waals surface area (Å²) in [5.41, 5.74) is 6.73. The molecule has 4 nitrogen and oxygen atoms in total. The molecule has 0 atom stereocenters. The van der Waals surface area contributed by atoms with E-state index in [2.05, 4.69) is 11.6 Å². The molecule has 1 aromatic rings. The van der Waals surface area contributed by atoms with Crippen LogP contribution in [0, 0.1) is 5.41 Å². The molecule has 0 aromatic heterocycles. The molecular formula is C16H26N2O2S. The fourth-order valence-electron chi connectivity index (χ4n) is 2.90. The Morgan fingerprint density at radius 3 is 2.38 bits per heavy atom. The summed E-state index contributed by atoms with van der Waals surface area (Å²) >= 11 is 0. The summed E-state index contributed by atoms with van der Waals surface area (Å²) in [4.78, 5) is 0.348.